The minimum Gasteiger partial charge on any atom is -0.497 e. The Bertz CT molecular complexity index is 726. The standard InChI is InChI=1S/C17H20N4O2S/c1-23-13-4-2-12-3-5-16(14(12)10-13)20-6-8-21(9-7-20)17(22)15-11-24-19-18-15/h2,4,10-11,16H,3,5-9H2,1H3. The summed E-state index contributed by atoms with van der Waals surface area (Å²) in [6.07, 6.45) is 2.26. The number of hydrogen-bond donors (Lipinski definition) is 0. The number of benzene rings is 1. The average Bonchev–Trinajstić information content (AvgIpc) is 3.30. The van der Waals surface area contributed by atoms with E-state index in [9.17, 15) is 4.79 Å². The fourth-order valence-corrected chi connectivity index (χ4v) is 4.15. The maximum Gasteiger partial charge on any atom is 0.275 e. The Kier molecular flexibility index (Phi) is 4.20. The van der Waals surface area contributed by atoms with Gasteiger partial charge >= 0.3 is 0 Å². The average molecular weight is 344 g/mol. The number of rotatable bonds is 3. The van der Waals surface area contributed by atoms with Crippen LogP contribution in [0.4, 0.5) is 0 Å². The summed E-state index contributed by atoms with van der Waals surface area (Å²) in [5, 5.41) is 5.60. The van der Waals surface area contributed by atoms with Crippen LogP contribution in [0.5, 0.6) is 5.75 Å². The van der Waals surface area contributed by atoms with Crippen molar-refractivity contribution in [3.05, 3.63) is 40.4 Å². The van der Waals surface area contributed by atoms with Crippen molar-refractivity contribution in [1.29, 1.82) is 0 Å². The third kappa shape index (κ3) is 2.78. The van der Waals surface area contributed by atoms with E-state index in [1.807, 2.05) is 11.0 Å². The number of aryl methyl sites for hydroxylation is 1. The first-order chi connectivity index (χ1) is 11.8. The fraction of sp³-hybridized carbons (Fsp3) is 0.471. The Labute approximate surface area is 145 Å². The lowest BCUT2D eigenvalue weighted by atomic mass is 10.1. The minimum absolute atomic E-state index is 0.00288. The Morgan fingerprint density at radius 3 is 2.83 bits per heavy atom. The van der Waals surface area contributed by atoms with Crippen LogP contribution in [0.2, 0.25) is 0 Å². The highest BCUT2D eigenvalue weighted by Crippen LogP contribution is 2.38. The van der Waals surface area contributed by atoms with Crippen LogP contribution in [0, 0.1) is 0 Å². The summed E-state index contributed by atoms with van der Waals surface area (Å²) in [6, 6.07) is 6.84. The molecule has 1 atom stereocenters. The van der Waals surface area contributed by atoms with Gasteiger partial charge in [-0.2, -0.15) is 0 Å². The van der Waals surface area contributed by atoms with Crippen molar-refractivity contribution in [2.24, 2.45) is 0 Å². The number of ether oxygens (including phenoxy) is 1. The second-order valence-electron chi connectivity index (χ2n) is 6.24. The molecule has 0 spiro atoms. The lowest BCUT2D eigenvalue weighted by molar-refractivity contribution is 0.0562. The van der Waals surface area contributed by atoms with Crippen LogP contribution in [-0.2, 0) is 6.42 Å². The van der Waals surface area contributed by atoms with Crippen molar-refractivity contribution >= 4 is 17.4 Å². The summed E-state index contributed by atoms with van der Waals surface area (Å²) in [5.41, 5.74) is 3.27. The highest BCUT2D eigenvalue weighted by molar-refractivity contribution is 7.03. The number of methoxy groups -OCH3 is 1. The summed E-state index contributed by atoms with van der Waals surface area (Å²) in [5.74, 6) is 0.919. The van der Waals surface area contributed by atoms with Gasteiger partial charge in [0.2, 0.25) is 0 Å². The topological polar surface area (TPSA) is 58.6 Å². The molecule has 0 saturated carbocycles. The number of piperazine rings is 1. The molecule has 126 valence electrons. The molecule has 2 heterocycles. The molecule has 1 aromatic carbocycles. The van der Waals surface area contributed by atoms with Gasteiger partial charge in [-0.3, -0.25) is 9.69 Å². The highest BCUT2D eigenvalue weighted by atomic mass is 32.1. The number of carbonyl (C=O) groups excluding carboxylic acids is 1. The van der Waals surface area contributed by atoms with Gasteiger partial charge in [0.1, 0.15) is 5.75 Å². The summed E-state index contributed by atoms with van der Waals surface area (Å²) in [4.78, 5) is 16.7. The molecule has 1 aliphatic carbocycles. The fourth-order valence-electron chi connectivity index (χ4n) is 3.72. The van der Waals surface area contributed by atoms with Crippen molar-refractivity contribution < 1.29 is 9.53 Å². The molecule has 4 rings (SSSR count). The van der Waals surface area contributed by atoms with E-state index in [-0.39, 0.29) is 5.91 Å². The summed E-state index contributed by atoms with van der Waals surface area (Å²) >= 11 is 1.22. The molecule has 0 N–H and O–H groups in total. The molecule has 7 heteroatoms. The maximum absolute atomic E-state index is 12.4. The quantitative estimate of drug-likeness (QED) is 0.852. The first-order valence-corrected chi connectivity index (χ1v) is 9.07. The van der Waals surface area contributed by atoms with Gasteiger partial charge in [0, 0.05) is 37.6 Å². The zero-order valence-electron chi connectivity index (χ0n) is 13.6. The molecule has 0 bridgehead atoms. The van der Waals surface area contributed by atoms with Gasteiger partial charge in [-0.1, -0.05) is 10.6 Å². The Hall–Kier alpha value is -1.99. The zero-order chi connectivity index (χ0) is 16.5. The lowest BCUT2D eigenvalue weighted by Gasteiger charge is -2.38. The predicted molar refractivity (Wildman–Crippen MR) is 91.4 cm³/mol. The van der Waals surface area contributed by atoms with Crippen LogP contribution in [0.1, 0.15) is 34.1 Å². The SMILES string of the molecule is COc1ccc2c(c1)C(N1CCN(C(=O)c3csnn3)CC1)CC2. The van der Waals surface area contributed by atoms with Crippen LogP contribution in [0.3, 0.4) is 0 Å². The Balaban J connectivity index is 1.43. The second-order valence-corrected chi connectivity index (χ2v) is 6.85. The Morgan fingerprint density at radius 1 is 1.29 bits per heavy atom. The van der Waals surface area contributed by atoms with Crippen molar-refractivity contribution in [2.45, 2.75) is 18.9 Å². The molecule has 6 nitrogen and oxygen atoms in total. The molecule has 24 heavy (non-hydrogen) atoms. The van der Waals surface area contributed by atoms with Crippen molar-refractivity contribution in [3.8, 4) is 5.75 Å². The number of aromatic nitrogens is 2. The first kappa shape index (κ1) is 15.5. The monoisotopic (exact) mass is 344 g/mol. The molecular formula is C17H20N4O2S. The third-order valence-electron chi connectivity index (χ3n) is 5.02. The summed E-state index contributed by atoms with van der Waals surface area (Å²) < 4.78 is 9.16. The zero-order valence-corrected chi connectivity index (χ0v) is 14.5. The van der Waals surface area contributed by atoms with Gasteiger partial charge in [0.15, 0.2) is 5.69 Å². The maximum atomic E-state index is 12.4. The number of carbonyl (C=O) groups is 1. The summed E-state index contributed by atoms with van der Waals surface area (Å²) in [7, 11) is 1.71. The summed E-state index contributed by atoms with van der Waals surface area (Å²) in [6.45, 7) is 3.27. The molecule has 2 aliphatic rings. The molecule has 0 radical (unpaired) electrons. The number of amides is 1. The molecule has 2 aromatic rings. The lowest BCUT2D eigenvalue weighted by Crippen LogP contribution is -2.49. The van der Waals surface area contributed by atoms with E-state index >= 15 is 0 Å². The van der Waals surface area contributed by atoms with Crippen LogP contribution in [0.25, 0.3) is 0 Å². The van der Waals surface area contributed by atoms with E-state index in [0.29, 0.717) is 11.7 Å². The third-order valence-corrected chi connectivity index (χ3v) is 5.53. The van der Waals surface area contributed by atoms with Gasteiger partial charge in [-0.25, -0.2) is 0 Å². The van der Waals surface area contributed by atoms with Crippen LogP contribution in [0.15, 0.2) is 23.6 Å². The number of hydrogen-bond acceptors (Lipinski definition) is 6. The highest BCUT2D eigenvalue weighted by Gasteiger charge is 2.32. The largest absolute Gasteiger partial charge is 0.497 e. The molecule has 1 fully saturated rings. The van der Waals surface area contributed by atoms with E-state index in [2.05, 4.69) is 26.6 Å². The molecule has 1 aliphatic heterocycles. The predicted octanol–water partition coefficient (Wildman–Crippen LogP) is 1.99. The van der Waals surface area contributed by atoms with E-state index in [1.165, 1.54) is 22.7 Å². The van der Waals surface area contributed by atoms with E-state index < -0.39 is 0 Å². The molecule has 1 aromatic heterocycles. The molecule has 1 saturated heterocycles. The molecule has 1 unspecified atom stereocenters. The normalized spacial score (nSPS) is 20.9. The van der Waals surface area contributed by atoms with E-state index in [4.69, 9.17) is 4.74 Å². The Morgan fingerprint density at radius 2 is 2.12 bits per heavy atom. The van der Waals surface area contributed by atoms with Gasteiger partial charge in [0.05, 0.1) is 7.11 Å². The first-order valence-electron chi connectivity index (χ1n) is 8.23. The van der Waals surface area contributed by atoms with E-state index in [1.54, 1.807) is 12.5 Å². The van der Waals surface area contributed by atoms with Gasteiger partial charge in [-0.15, -0.1) is 5.10 Å². The number of nitrogens with zero attached hydrogens (tertiary/aromatic N) is 4. The van der Waals surface area contributed by atoms with Crippen molar-refractivity contribution in [2.75, 3.05) is 33.3 Å². The molecular weight excluding hydrogens is 324 g/mol. The van der Waals surface area contributed by atoms with Crippen molar-refractivity contribution in [3.63, 3.8) is 0 Å². The van der Waals surface area contributed by atoms with Crippen LogP contribution >= 0.6 is 11.5 Å². The molecule has 1 amide bonds. The smallest absolute Gasteiger partial charge is 0.275 e. The van der Waals surface area contributed by atoms with E-state index in [0.717, 1.165) is 44.8 Å². The van der Waals surface area contributed by atoms with Gasteiger partial charge in [-0.05, 0) is 47.6 Å². The number of fused-ring (bicyclic) bond motifs is 1. The van der Waals surface area contributed by atoms with Gasteiger partial charge < -0.3 is 9.64 Å². The second kappa shape index (κ2) is 6.49. The minimum atomic E-state index is -0.00288. The van der Waals surface area contributed by atoms with Crippen molar-refractivity contribution in [1.82, 2.24) is 19.4 Å². The van der Waals surface area contributed by atoms with Gasteiger partial charge in [0.25, 0.3) is 5.91 Å². The van der Waals surface area contributed by atoms with Crippen LogP contribution < -0.4 is 4.74 Å². The van der Waals surface area contributed by atoms with Crippen LogP contribution in [-0.4, -0.2) is 58.6 Å².